The van der Waals surface area contributed by atoms with Gasteiger partial charge in [0.15, 0.2) is 6.29 Å². The molecule has 4 aromatic carbocycles. The number of fused-ring (bicyclic) bond motifs is 1. The molecular weight excluding hydrogens is 1390 g/mol. The zero-order valence-electron chi connectivity index (χ0n) is 60.2. The van der Waals surface area contributed by atoms with Crippen molar-refractivity contribution in [3.8, 4) is 5.75 Å². The number of nitrogens with two attached hydrogens (primary N) is 2. The minimum atomic E-state index is -1.92. The van der Waals surface area contributed by atoms with Crippen molar-refractivity contribution in [2.45, 2.75) is 196 Å². The predicted molar refractivity (Wildman–Crippen MR) is 384 cm³/mol. The Morgan fingerprint density at radius 1 is 0.561 bits per heavy atom. The monoisotopic (exact) mass is 1490 g/mol. The molecule has 0 unspecified atom stereocenters. The van der Waals surface area contributed by atoms with Crippen molar-refractivity contribution >= 4 is 65.0 Å². The third kappa shape index (κ3) is 24.1. The number of aromatic hydroxyl groups is 1. The van der Waals surface area contributed by atoms with E-state index in [4.69, 9.17) is 20.9 Å². The highest BCUT2D eigenvalue weighted by molar-refractivity contribution is 6.00. The number of ether oxygens (including phenoxy) is 2. The van der Waals surface area contributed by atoms with Crippen molar-refractivity contribution in [1.29, 1.82) is 0 Å². The highest BCUT2D eigenvalue weighted by atomic mass is 16.7. The molecule has 578 valence electrons. The summed E-state index contributed by atoms with van der Waals surface area (Å²) >= 11 is 0. The molecular formula is C74H99N15O18. The molecule has 3 saturated heterocycles. The van der Waals surface area contributed by atoms with Gasteiger partial charge in [-0.1, -0.05) is 136 Å². The fourth-order valence-electron chi connectivity index (χ4n) is 12.8. The first-order valence-electron chi connectivity index (χ1n) is 35.9. The van der Waals surface area contributed by atoms with E-state index in [1.165, 1.54) is 40.0 Å². The molecule has 8 rings (SSSR count). The molecule has 0 aliphatic carbocycles. The van der Waals surface area contributed by atoms with E-state index in [1.54, 1.807) is 105 Å². The van der Waals surface area contributed by atoms with Crippen LogP contribution in [0.5, 0.6) is 5.75 Å². The van der Waals surface area contributed by atoms with Crippen molar-refractivity contribution in [3.63, 3.8) is 0 Å². The number of nitrogens with one attached hydrogen (secondary N) is 9. The van der Waals surface area contributed by atoms with Crippen molar-refractivity contribution in [3.05, 3.63) is 149 Å². The fraction of sp³-hybridized carbons (Fsp3) is 0.500. The summed E-state index contributed by atoms with van der Waals surface area (Å²) < 4.78 is 12.3. The summed E-state index contributed by atoms with van der Waals surface area (Å²) in [5.74, 6) is -11.3. The molecule has 1 aromatic heterocycles. The normalized spacial score (nSPS) is 26.6. The number of hydrogen-bond donors (Lipinski definition) is 16. The average molecular weight is 1490 g/mol. The Labute approximate surface area is 618 Å². The minimum absolute atomic E-state index is 0.00585. The first-order valence-corrected chi connectivity index (χ1v) is 35.9. The van der Waals surface area contributed by atoms with Crippen LogP contribution in [0.25, 0.3) is 0 Å². The summed E-state index contributed by atoms with van der Waals surface area (Å²) in [6.07, 6.45) is -8.20. The number of aliphatic hydroxyl groups is 4. The number of amides is 11. The molecule has 3 aliphatic heterocycles. The van der Waals surface area contributed by atoms with Crippen LogP contribution < -0.4 is 59.3 Å². The van der Waals surface area contributed by atoms with E-state index in [2.05, 4.69) is 58.2 Å². The van der Waals surface area contributed by atoms with E-state index in [0.717, 1.165) is 0 Å². The molecule has 33 heteroatoms. The van der Waals surface area contributed by atoms with Crippen molar-refractivity contribution in [2.75, 3.05) is 26.3 Å². The maximum Gasteiger partial charge on any atom is 0.246 e. The average Bonchev–Trinajstić information content (AvgIpc) is 1.78. The molecule has 3 fully saturated rings. The van der Waals surface area contributed by atoms with Crippen LogP contribution in [-0.2, 0) is 101 Å². The highest BCUT2D eigenvalue weighted by Crippen LogP contribution is 2.24. The summed E-state index contributed by atoms with van der Waals surface area (Å²) in [5.41, 5.74) is 13.8. The molecule has 4 heterocycles. The summed E-state index contributed by atoms with van der Waals surface area (Å²) in [6, 6.07) is 16.3. The molecule has 15 atom stereocenters. The molecule has 0 bridgehead atoms. The number of primary amides is 1. The molecule has 11 amide bonds. The lowest BCUT2D eigenvalue weighted by molar-refractivity contribution is -0.301. The van der Waals surface area contributed by atoms with Crippen molar-refractivity contribution in [2.24, 2.45) is 23.3 Å². The molecule has 3 aliphatic rings. The van der Waals surface area contributed by atoms with Crippen LogP contribution in [0.3, 0.4) is 0 Å². The smallest absolute Gasteiger partial charge is 0.246 e. The van der Waals surface area contributed by atoms with Crippen LogP contribution >= 0.6 is 0 Å². The Morgan fingerprint density at radius 3 is 1.54 bits per heavy atom. The van der Waals surface area contributed by atoms with Gasteiger partial charge in [-0.2, -0.15) is 0 Å². The molecule has 0 radical (unpaired) electrons. The summed E-state index contributed by atoms with van der Waals surface area (Å²) in [4.78, 5) is 165. The zero-order valence-corrected chi connectivity index (χ0v) is 60.2. The number of carbonyl (C=O) groups is 11. The van der Waals surface area contributed by atoms with Crippen LogP contribution in [0.15, 0.2) is 121 Å². The zero-order chi connectivity index (χ0) is 77.4. The highest BCUT2D eigenvalue weighted by Gasteiger charge is 2.45. The fourth-order valence-corrected chi connectivity index (χ4v) is 12.8. The standard InChI is InChI=1S/C74H99N15O18/c1-41(2)32-50-65(97)84-56(36-45-20-12-7-13-21-45)73(105)89-29-15-23-57(89)71(103)83-52(34-44-18-10-6-11-19-44)67(99)79-51(33-43-16-8-5-9-17-43)66(98)82-55(38-59(76)92)69(101)81-54(37-47-39-88(87-86-47)30-31-106-74-63(95)62(94)61(93)58(40-90)107-74)68(100)80-53(35-46-24-26-48(91)27-25-46)70(102)85-60(42(3)4)72(104)77-49(22-14-28-75)64(96)78-50/h5-13,16-21,24-27,39,41-42,49-58,60-63,74,90-91,93-95H,14-15,22-23,28-38,40,75H2,1-4H3,(H2,76,92)(H,77,104)(H,78,96)(H,79,99)(H,80,100)(H,81,101)(H,82,98)(H,83,103)(H,84,97)(H,85,102)/t49-,50-,51+,52-,53-,54-,55-,56+,57-,58+,60-,61+,62-,63+,74+/m0/s1. The number of nitrogens with zero attached hydrogens (tertiary/aromatic N) is 4. The van der Waals surface area contributed by atoms with Gasteiger partial charge in [-0.05, 0) is 84.9 Å². The third-order valence-corrected chi connectivity index (χ3v) is 18.6. The SMILES string of the molecule is CC(C)C[C@@H]1NC(=O)[C@H](CCCN)NC(=O)[C@H](C(C)C)NC(=O)[C@H](Cc2ccc(O)cc2)NC(=O)[C@H](Cc2cn(CCO[C@@H]3O[C@H](CO)[C@@H](O)[C@H](O)[C@H]3O)nn2)NC(=O)[C@H](CC(N)=O)NC(=O)[C@@H](Cc2ccccc2)NC(=O)[C@H](Cc2ccccc2)NC(=O)[C@@H]2CCCN2C(=O)[C@@H](Cc2ccccc2)NC1=O. The molecule has 107 heavy (non-hydrogen) atoms. The van der Waals surface area contributed by atoms with Crippen LogP contribution in [-0.4, -0.2) is 228 Å². The van der Waals surface area contributed by atoms with Gasteiger partial charge in [-0.25, -0.2) is 4.68 Å². The third-order valence-electron chi connectivity index (χ3n) is 18.6. The number of aromatic nitrogens is 3. The van der Waals surface area contributed by atoms with Gasteiger partial charge in [0.1, 0.15) is 90.6 Å². The Hall–Kier alpha value is -10.3. The van der Waals surface area contributed by atoms with E-state index in [0.29, 0.717) is 28.7 Å². The summed E-state index contributed by atoms with van der Waals surface area (Å²) in [6.45, 7) is 5.83. The van der Waals surface area contributed by atoms with Gasteiger partial charge in [-0.3, -0.25) is 52.7 Å². The van der Waals surface area contributed by atoms with Crippen LogP contribution in [0.4, 0.5) is 0 Å². The van der Waals surface area contributed by atoms with E-state index < -0.39 is 181 Å². The molecule has 18 N–H and O–H groups in total. The predicted octanol–water partition coefficient (Wildman–Crippen LogP) is -3.00. The number of phenolic OH excluding ortho intramolecular Hbond substituents is 1. The lowest BCUT2D eigenvalue weighted by Gasteiger charge is -2.39. The van der Waals surface area contributed by atoms with Crippen molar-refractivity contribution in [1.82, 2.24) is 67.7 Å². The molecule has 5 aromatic rings. The van der Waals surface area contributed by atoms with Crippen molar-refractivity contribution < 1.29 is 87.7 Å². The lowest BCUT2D eigenvalue weighted by atomic mass is 9.99. The Bertz CT molecular complexity index is 3820. The maximum atomic E-state index is 15.3. The molecule has 33 nitrogen and oxygen atoms in total. The van der Waals surface area contributed by atoms with Gasteiger partial charge in [0.25, 0.3) is 0 Å². The second kappa shape index (κ2) is 39.9. The number of benzene rings is 4. The van der Waals surface area contributed by atoms with E-state index in [9.17, 15) is 49.5 Å². The number of phenols is 1. The Kier molecular flexibility index (Phi) is 30.7. The van der Waals surface area contributed by atoms with Gasteiger partial charge in [0.05, 0.1) is 31.9 Å². The van der Waals surface area contributed by atoms with E-state index in [1.807, 2.05) is 13.8 Å². The van der Waals surface area contributed by atoms with E-state index in [-0.39, 0.29) is 95.0 Å². The Morgan fingerprint density at radius 2 is 1.02 bits per heavy atom. The number of carbonyl (C=O) groups excluding carboxylic acids is 11. The number of aliphatic hydroxyl groups excluding tert-OH is 4. The number of hydrogen-bond acceptors (Lipinski definition) is 21. The number of rotatable bonds is 23. The maximum absolute atomic E-state index is 15.3. The second-order valence-corrected chi connectivity index (χ2v) is 27.8. The second-order valence-electron chi connectivity index (χ2n) is 27.8. The summed E-state index contributed by atoms with van der Waals surface area (Å²) in [5, 5.41) is 84.0. The quantitative estimate of drug-likeness (QED) is 0.0310. The van der Waals surface area contributed by atoms with Gasteiger partial charge in [0, 0.05) is 44.8 Å². The lowest BCUT2D eigenvalue weighted by Crippen LogP contribution is -2.62. The largest absolute Gasteiger partial charge is 0.508 e. The Balaban J connectivity index is 1.20. The molecule has 0 saturated carbocycles. The van der Waals surface area contributed by atoms with Crippen LogP contribution in [0, 0.1) is 11.8 Å². The first-order chi connectivity index (χ1) is 51.2. The first kappa shape index (κ1) is 82.4. The minimum Gasteiger partial charge on any atom is -0.508 e. The molecule has 0 spiro atoms. The topological polar surface area (TPSA) is 502 Å². The van der Waals surface area contributed by atoms with Gasteiger partial charge >= 0.3 is 0 Å². The van der Waals surface area contributed by atoms with Crippen LogP contribution in [0.2, 0.25) is 0 Å². The van der Waals surface area contributed by atoms with E-state index >= 15 is 28.8 Å². The van der Waals surface area contributed by atoms with Gasteiger partial charge in [0.2, 0.25) is 65.0 Å². The summed E-state index contributed by atoms with van der Waals surface area (Å²) in [7, 11) is 0. The van der Waals surface area contributed by atoms with Crippen LogP contribution in [0.1, 0.15) is 94.2 Å². The van der Waals surface area contributed by atoms with Gasteiger partial charge in [-0.15, -0.1) is 5.10 Å². The van der Waals surface area contributed by atoms with Gasteiger partial charge < -0.3 is 99.2 Å².